The fraction of sp³-hybridized carbons (Fsp3) is 0.333. The molecule has 0 radical (unpaired) electrons. The minimum Gasteiger partial charge on any atom is -0.496 e. The number of benzene rings is 2. The van der Waals surface area contributed by atoms with Gasteiger partial charge in [-0.25, -0.2) is 0 Å². The first-order valence-corrected chi connectivity index (χ1v) is 7.65. The summed E-state index contributed by atoms with van der Waals surface area (Å²) >= 11 is 6.07. The number of rotatable bonds is 3. The Bertz CT molecular complexity index is 639. The molecule has 0 heterocycles. The Hall–Kier alpha value is -1.51. The van der Waals surface area contributed by atoms with Crippen molar-refractivity contribution in [2.24, 2.45) is 5.92 Å². The molecule has 2 atom stereocenters. The second kappa shape index (κ2) is 6.08. The van der Waals surface area contributed by atoms with Gasteiger partial charge in [0.25, 0.3) is 0 Å². The highest BCUT2D eigenvalue weighted by molar-refractivity contribution is 6.30. The average molecular weight is 303 g/mol. The summed E-state index contributed by atoms with van der Waals surface area (Å²) < 4.78 is 5.36. The second-order valence-electron chi connectivity index (χ2n) is 5.60. The van der Waals surface area contributed by atoms with E-state index in [0.29, 0.717) is 10.8 Å². The molecule has 0 aromatic heterocycles. The van der Waals surface area contributed by atoms with E-state index >= 15 is 0 Å². The summed E-state index contributed by atoms with van der Waals surface area (Å²) in [7, 11) is 1.62. The summed E-state index contributed by atoms with van der Waals surface area (Å²) in [6.07, 6.45) is 2.34. The van der Waals surface area contributed by atoms with Crippen molar-refractivity contribution in [3.8, 4) is 5.75 Å². The smallest absolute Gasteiger partial charge is 0.124 e. The van der Waals surface area contributed by atoms with Crippen LogP contribution in [-0.2, 0) is 12.8 Å². The molecule has 0 saturated carbocycles. The number of fused-ring (bicyclic) bond motifs is 1. The van der Waals surface area contributed by atoms with Gasteiger partial charge in [-0.3, -0.25) is 0 Å². The molecule has 110 valence electrons. The molecule has 3 heteroatoms. The Kier molecular flexibility index (Phi) is 4.18. The third-order valence-electron chi connectivity index (χ3n) is 4.34. The first kappa shape index (κ1) is 14.4. The Balaban J connectivity index is 1.87. The van der Waals surface area contributed by atoms with Crippen LogP contribution in [0.15, 0.2) is 42.5 Å². The lowest BCUT2D eigenvalue weighted by atomic mass is 9.79. The number of aliphatic hydroxyl groups is 1. The molecular weight excluding hydrogens is 284 g/mol. The average Bonchev–Trinajstić information content (AvgIpc) is 2.53. The molecule has 1 aliphatic carbocycles. The number of methoxy groups -OCH3 is 1. The van der Waals surface area contributed by atoms with Crippen LogP contribution in [0.5, 0.6) is 5.75 Å². The van der Waals surface area contributed by atoms with Crippen molar-refractivity contribution in [3.63, 3.8) is 0 Å². The van der Waals surface area contributed by atoms with Crippen molar-refractivity contribution >= 4 is 11.6 Å². The van der Waals surface area contributed by atoms with Crippen molar-refractivity contribution < 1.29 is 9.84 Å². The first-order valence-electron chi connectivity index (χ1n) is 7.27. The summed E-state index contributed by atoms with van der Waals surface area (Å²) in [5.74, 6) is 0.901. The molecule has 2 aromatic carbocycles. The molecule has 3 rings (SSSR count). The summed E-state index contributed by atoms with van der Waals surface area (Å²) in [4.78, 5) is 0. The number of aryl methyl sites for hydroxylation is 1. The Morgan fingerprint density at radius 1 is 1.19 bits per heavy atom. The maximum Gasteiger partial charge on any atom is 0.124 e. The molecule has 1 aliphatic rings. The van der Waals surface area contributed by atoms with E-state index in [4.69, 9.17) is 16.3 Å². The minimum absolute atomic E-state index is 0.201. The summed E-state index contributed by atoms with van der Waals surface area (Å²) in [6.45, 7) is 0. The van der Waals surface area contributed by atoms with E-state index in [9.17, 15) is 5.11 Å². The van der Waals surface area contributed by atoms with Crippen molar-refractivity contribution in [1.82, 2.24) is 0 Å². The molecule has 2 aromatic rings. The van der Waals surface area contributed by atoms with E-state index in [1.165, 1.54) is 11.1 Å². The predicted octanol–water partition coefficient (Wildman–Crippen LogP) is 4.19. The normalized spacial score (nSPS) is 18.9. The van der Waals surface area contributed by atoms with E-state index in [-0.39, 0.29) is 5.92 Å². The number of hydrogen-bond acceptors (Lipinski definition) is 2. The third-order valence-corrected chi connectivity index (χ3v) is 4.58. The lowest BCUT2D eigenvalue weighted by molar-refractivity contribution is 0.0968. The van der Waals surface area contributed by atoms with E-state index in [0.717, 1.165) is 24.8 Å². The number of ether oxygens (including phenoxy) is 1. The lowest BCUT2D eigenvalue weighted by Gasteiger charge is -2.29. The van der Waals surface area contributed by atoms with Crippen LogP contribution >= 0.6 is 11.6 Å². The van der Waals surface area contributed by atoms with Crippen LogP contribution in [0.25, 0.3) is 0 Å². The highest BCUT2D eigenvalue weighted by Crippen LogP contribution is 2.38. The van der Waals surface area contributed by atoms with Gasteiger partial charge >= 0.3 is 0 Å². The number of hydrogen-bond donors (Lipinski definition) is 1. The predicted molar refractivity (Wildman–Crippen MR) is 84.9 cm³/mol. The van der Waals surface area contributed by atoms with E-state index in [2.05, 4.69) is 24.3 Å². The van der Waals surface area contributed by atoms with Gasteiger partial charge in [-0.15, -0.1) is 0 Å². The standard InChI is InChI=1S/C18H19ClO2/c1-21-17-9-8-15(19)11-16(17)18(20)14-7-6-12-4-2-3-5-13(12)10-14/h2-5,8-9,11,14,18,20H,6-7,10H2,1H3. The summed E-state index contributed by atoms with van der Waals surface area (Å²) in [6, 6.07) is 13.9. The zero-order valence-electron chi connectivity index (χ0n) is 12.1. The van der Waals surface area contributed by atoms with Crippen LogP contribution < -0.4 is 4.74 Å². The largest absolute Gasteiger partial charge is 0.496 e. The second-order valence-corrected chi connectivity index (χ2v) is 6.04. The van der Waals surface area contributed by atoms with Crippen LogP contribution in [0, 0.1) is 5.92 Å². The summed E-state index contributed by atoms with van der Waals surface area (Å²) in [5, 5.41) is 11.4. The van der Waals surface area contributed by atoms with Gasteiger partial charge < -0.3 is 9.84 Å². The molecule has 0 amide bonds. The molecule has 21 heavy (non-hydrogen) atoms. The van der Waals surface area contributed by atoms with E-state index in [1.54, 1.807) is 13.2 Å². The molecule has 0 fully saturated rings. The van der Waals surface area contributed by atoms with Crippen LogP contribution in [0.3, 0.4) is 0 Å². The van der Waals surface area contributed by atoms with Crippen molar-refractivity contribution in [2.45, 2.75) is 25.4 Å². The van der Waals surface area contributed by atoms with Gasteiger partial charge in [-0.2, -0.15) is 0 Å². The van der Waals surface area contributed by atoms with Gasteiger partial charge in [0.05, 0.1) is 13.2 Å². The maximum atomic E-state index is 10.8. The van der Waals surface area contributed by atoms with Crippen LogP contribution in [-0.4, -0.2) is 12.2 Å². The zero-order chi connectivity index (χ0) is 14.8. The Morgan fingerprint density at radius 3 is 2.71 bits per heavy atom. The minimum atomic E-state index is -0.549. The molecule has 0 bridgehead atoms. The molecule has 2 unspecified atom stereocenters. The van der Waals surface area contributed by atoms with Gasteiger partial charge in [-0.1, -0.05) is 35.9 Å². The molecule has 1 N–H and O–H groups in total. The first-order chi connectivity index (χ1) is 10.2. The monoisotopic (exact) mass is 302 g/mol. The zero-order valence-corrected chi connectivity index (χ0v) is 12.8. The van der Waals surface area contributed by atoms with Crippen molar-refractivity contribution in [2.75, 3.05) is 7.11 Å². The molecular formula is C18H19ClO2. The fourth-order valence-corrected chi connectivity index (χ4v) is 3.37. The van der Waals surface area contributed by atoms with Crippen molar-refractivity contribution in [3.05, 3.63) is 64.2 Å². The number of aliphatic hydroxyl groups excluding tert-OH is 1. The van der Waals surface area contributed by atoms with Crippen LogP contribution in [0.1, 0.15) is 29.2 Å². The quantitative estimate of drug-likeness (QED) is 0.921. The highest BCUT2D eigenvalue weighted by atomic mass is 35.5. The van der Waals surface area contributed by atoms with E-state index in [1.807, 2.05) is 12.1 Å². The highest BCUT2D eigenvalue weighted by Gasteiger charge is 2.27. The van der Waals surface area contributed by atoms with Gasteiger partial charge in [-0.05, 0) is 54.5 Å². The SMILES string of the molecule is COc1ccc(Cl)cc1C(O)C1CCc2ccccc2C1. The van der Waals surface area contributed by atoms with Crippen LogP contribution in [0.4, 0.5) is 0 Å². The van der Waals surface area contributed by atoms with Gasteiger partial charge in [0.15, 0.2) is 0 Å². The third kappa shape index (κ3) is 2.92. The van der Waals surface area contributed by atoms with E-state index < -0.39 is 6.10 Å². The van der Waals surface area contributed by atoms with Gasteiger partial charge in [0.2, 0.25) is 0 Å². The topological polar surface area (TPSA) is 29.5 Å². The van der Waals surface area contributed by atoms with Gasteiger partial charge in [0.1, 0.15) is 5.75 Å². The van der Waals surface area contributed by atoms with Crippen molar-refractivity contribution in [1.29, 1.82) is 0 Å². The lowest BCUT2D eigenvalue weighted by Crippen LogP contribution is -2.21. The molecule has 0 spiro atoms. The maximum absolute atomic E-state index is 10.8. The Morgan fingerprint density at radius 2 is 1.95 bits per heavy atom. The summed E-state index contributed by atoms with van der Waals surface area (Å²) in [5.41, 5.74) is 3.53. The molecule has 2 nitrogen and oxygen atoms in total. The van der Waals surface area contributed by atoms with Crippen LogP contribution in [0.2, 0.25) is 5.02 Å². The molecule has 0 aliphatic heterocycles. The fourth-order valence-electron chi connectivity index (χ4n) is 3.19. The van der Waals surface area contributed by atoms with Gasteiger partial charge in [0, 0.05) is 10.6 Å². The number of halogens is 1. The Labute approximate surface area is 130 Å². The molecule has 0 saturated heterocycles.